The maximum atomic E-state index is 12.2. The van der Waals surface area contributed by atoms with Crippen LogP contribution in [-0.2, 0) is 24.3 Å². The Morgan fingerprint density at radius 3 is 2.71 bits per heavy atom. The maximum absolute atomic E-state index is 12.2. The number of hydrogen-bond donors (Lipinski definition) is 3. The normalized spacial score (nSPS) is 11.6. The first kappa shape index (κ1) is 24.5. The van der Waals surface area contributed by atoms with Gasteiger partial charge in [-0.3, -0.25) is 4.79 Å². The molecule has 184 valence electrons. The average molecular weight is 474 g/mol. The van der Waals surface area contributed by atoms with Crippen LogP contribution in [0.3, 0.4) is 0 Å². The number of nitrogens with two attached hydrogens (primary N) is 1. The average Bonchev–Trinajstić information content (AvgIpc) is 3.17. The summed E-state index contributed by atoms with van der Waals surface area (Å²) in [7, 11) is 0. The Hall–Kier alpha value is -3.61. The third-order valence-electron chi connectivity index (χ3n) is 6.29. The molecule has 0 bridgehead atoms. The summed E-state index contributed by atoms with van der Waals surface area (Å²) < 4.78 is 2.23. The van der Waals surface area contributed by atoms with Crippen LogP contribution < -0.4 is 11.1 Å². The van der Waals surface area contributed by atoms with Crippen LogP contribution in [0.25, 0.3) is 21.9 Å². The molecule has 1 amide bonds. The van der Waals surface area contributed by atoms with Crippen LogP contribution in [0.15, 0.2) is 36.4 Å². The molecule has 7 heteroatoms. The number of nitrogen functional groups attached to an aromatic ring is 1. The van der Waals surface area contributed by atoms with Crippen LogP contribution in [0.1, 0.15) is 62.5 Å². The predicted molar refractivity (Wildman–Crippen MR) is 141 cm³/mol. The number of benzene rings is 2. The van der Waals surface area contributed by atoms with Crippen molar-refractivity contribution in [2.24, 2.45) is 5.92 Å². The smallest absolute Gasteiger partial charge is 0.220 e. The molecule has 4 rings (SSSR count). The second-order valence-electron chi connectivity index (χ2n) is 9.72. The van der Waals surface area contributed by atoms with E-state index >= 15 is 0 Å². The first-order valence-corrected chi connectivity index (χ1v) is 12.4. The van der Waals surface area contributed by atoms with Crippen molar-refractivity contribution in [3.63, 3.8) is 0 Å². The van der Waals surface area contributed by atoms with Gasteiger partial charge in [-0.05, 0) is 42.5 Å². The SMILES string of the molecule is CCCCc1nc2c(N)nc3ccccc3c2n1Cc1cc(C)c(O)c(CNC(=O)CC(C)C)c1. The van der Waals surface area contributed by atoms with E-state index in [4.69, 9.17) is 10.7 Å². The molecule has 0 atom stereocenters. The van der Waals surface area contributed by atoms with E-state index in [1.807, 2.05) is 51.1 Å². The molecule has 2 aromatic heterocycles. The minimum atomic E-state index is -0.0145. The number of fused-ring (bicyclic) bond motifs is 3. The first-order chi connectivity index (χ1) is 16.8. The third kappa shape index (κ3) is 5.24. The van der Waals surface area contributed by atoms with Gasteiger partial charge in [-0.15, -0.1) is 0 Å². The summed E-state index contributed by atoms with van der Waals surface area (Å²) in [5.41, 5.74) is 11.4. The van der Waals surface area contributed by atoms with Crippen molar-refractivity contribution in [2.45, 2.75) is 66.5 Å². The number of nitrogens with zero attached hydrogens (tertiary/aromatic N) is 3. The van der Waals surface area contributed by atoms with Crippen molar-refractivity contribution in [1.82, 2.24) is 19.9 Å². The summed E-state index contributed by atoms with van der Waals surface area (Å²) in [6.45, 7) is 8.95. The second-order valence-corrected chi connectivity index (χ2v) is 9.72. The number of anilines is 1. The second kappa shape index (κ2) is 10.3. The van der Waals surface area contributed by atoms with Crippen LogP contribution in [0.5, 0.6) is 5.75 Å². The Morgan fingerprint density at radius 2 is 1.97 bits per heavy atom. The van der Waals surface area contributed by atoms with Crippen molar-refractivity contribution in [3.8, 4) is 5.75 Å². The lowest BCUT2D eigenvalue weighted by Gasteiger charge is -2.15. The number of unbranched alkanes of at least 4 members (excludes halogenated alkanes) is 1. The molecule has 0 aliphatic rings. The maximum Gasteiger partial charge on any atom is 0.220 e. The molecule has 0 aliphatic heterocycles. The first-order valence-electron chi connectivity index (χ1n) is 12.4. The highest BCUT2D eigenvalue weighted by Gasteiger charge is 2.18. The molecule has 0 saturated heterocycles. The summed E-state index contributed by atoms with van der Waals surface area (Å²) in [4.78, 5) is 21.7. The van der Waals surface area contributed by atoms with Crippen molar-refractivity contribution in [3.05, 3.63) is 58.9 Å². The van der Waals surface area contributed by atoms with E-state index in [2.05, 4.69) is 27.9 Å². The lowest BCUT2D eigenvalue weighted by atomic mass is 10.0. The molecule has 0 unspecified atom stereocenters. The fourth-order valence-corrected chi connectivity index (χ4v) is 4.58. The molecule has 2 heterocycles. The number of phenols is 1. The zero-order valence-corrected chi connectivity index (χ0v) is 21.1. The fraction of sp³-hybridized carbons (Fsp3) is 0.393. The molecule has 7 nitrogen and oxygen atoms in total. The van der Waals surface area contributed by atoms with Crippen molar-refractivity contribution in [1.29, 1.82) is 0 Å². The zero-order chi connectivity index (χ0) is 25.1. The van der Waals surface area contributed by atoms with Gasteiger partial charge < -0.3 is 20.7 Å². The number of carbonyl (C=O) groups is 1. The summed E-state index contributed by atoms with van der Waals surface area (Å²) >= 11 is 0. The zero-order valence-electron chi connectivity index (χ0n) is 21.1. The van der Waals surface area contributed by atoms with E-state index < -0.39 is 0 Å². The largest absolute Gasteiger partial charge is 0.507 e. The predicted octanol–water partition coefficient (Wildman–Crippen LogP) is 5.23. The standard InChI is InChI=1S/C28H35N5O2/c1-5-6-11-23-32-25-26(21-9-7-8-10-22(21)31-28(25)29)33(23)16-19-13-18(4)27(35)20(14-19)15-30-24(34)12-17(2)3/h7-10,13-14,17,35H,5-6,11-12,15-16H2,1-4H3,(H2,29,31)(H,30,34). The minimum absolute atomic E-state index is 0.0145. The summed E-state index contributed by atoms with van der Waals surface area (Å²) in [5.74, 6) is 1.90. The number of pyridine rings is 1. The molecule has 35 heavy (non-hydrogen) atoms. The number of nitrogens with one attached hydrogen (secondary N) is 1. The van der Waals surface area contributed by atoms with Crippen molar-refractivity contribution in [2.75, 3.05) is 5.73 Å². The highest BCUT2D eigenvalue weighted by Crippen LogP contribution is 2.31. The molecule has 4 N–H and O–H groups in total. The minimum Gasteiger partial charge on any atom is -0.507 e. The number of aryl methyl sites for hydroxylation is 2. The third-order valence-corrected chi connectivity index (χ3v) is 6.29. The topological polar surface area (TPSA) is 106 Å². The van der Waals surface area contributed by atoms with Crippen LogP contribution in [0.2, 0.25) is 0 Å². The van der Waals surface area contributed by atoms with Gasteiger partial charge in [0, 0.05) is 36.9 Å². The van der Waals surface area contributed by atoms with Gasteiger partial charge in [0.25, 0.3) is 0 Å². The molecule has 0 aliphatic carbocycles. The number of rotatable bonds is 9. The van der Waals surface area contributed by atoms with Crippen LogP contribution in [0.4, 0.5) is 5.82 Å². The summed E-state index contributed by atoms with van der Waals surface area (Å²) in [6, 6.07) is 12.0. The lowest BCUT2D eigenvalue weighted by molar-refractivity contribution is -0.121. The number of hydrogen-bond acceptors (Lipinski definition) is 5. The molecular weight excluding hydrogens is 438 g/mol. The monoisotopic (exact) mass is 473 g/mol. The van der Waals surface area contributed by atoms with Crippen LogP contribution >= 0.6 is 0 Å². The van der Waals surface area contributed by atoms with E-state index in [1.165, 1.54) is 0 Å². The number of imidazole rings is 1. The quantitative estimate of drug-likeness (QED) is 0.308. The van der Waals surface area contributed by atoms with Gasteiger partial charge in [0.15, 0.2) is 5.82 Å². The Morgan fingerprint density at radius 1 is 1.20 bits per heavy atom. The number of para-hydroxylation sites is 1. The van der Waals surface area contributed by atoms with E-state index in [9.17, 15) is 9.90 Å². The van der Waals surface area contributed by atoms with Gasteiger partial charge in [-0.2, -0.15) is 0 Å². The van der Waals surface area contributed by atoms with Gasteiger partial charge in [-0.1, -0.05) is 51.5 Å². The van der Waals surface area contributed by atoms with E-state index in [-0.39, 0.29) is 17.6 Å². The molecule has 2 aromatic carbocycles. The molecule has 0 spiro atoms. The summed E-state index contributed by atoms with van der Waals surface area (Å²) in [5, 5.41) is 14.6. The van der Waals surface area contributed by atoms with Gasteiger partial charge >= 0.3 is 0 Å². The van der Waals surface area contributed by atoms with Crippen molar-refractivity contribution < 1.29 is 9.90 Å². The Labute approximate surface area is 206 Å². The lowest BCUT2D eigenvalue weighted by Crippen LogP contribution is -2.24. The van der Waals surface area contributed by atoms with E-state index in [0.29, 0.717) is 30.9 Å². The van der Waals surface area contributed by atoms with Gasteiger partial charge in [0.1, 0.15) is 17.1 Å². The fourth-order valence-electron chi connectivity index (χ4n) is 4.58. The van der Waals surface area contributed by atoms with Crippen molar-refractivity contribution >= 4 is 33.7 Å². The number of aromatic hydroxyl groups is 1. The molecular formula is C28H35N5O2. The van der Waals surface area contributed by atoms with Crippen LogP contribution in [-0.4, -0.2) is 25.5 Å². The Balaban J connectivity index is 1.77. The Bertz CT molecular complexity index is 1370. The van der Waals surface area contributed by atoms with Gasteiger partial charge in [-0.25, -0.2) is 9.97 Å². The molecule has 0 radical (unpaired) electrons. The van der Waals surface area contributed by atoms with E-state index in [1.54, 1.807) is 0 Å². The number of phenolic OH excluding ortho intramolecular Hbond substituents is 1. The highest BCUT2D eigenvalue weighted by atomic mass is 16.3. The number of aromatic nitrogens is 3. The van der Waals surface area contributed by atoms with Gasteiger partial charge in [0.2, 0.25) is 5.91 Å². The molecule has 0 fully saturated rings. The van der Waals surface area contributed by atoms with Gasteiger partial charge in [0.05, 0.1) is 11.0 Å². The Kier molecular flexibility index (Phi) is 7.24. The summed E-state index contributed by atoms with van der Waals surface area (Å²) in [6.07, 6.45) is 3.39. The number of amides is 1. The molecule has 4 aromatic rings. The highest BCUT2D eigenvalue weighted by molar-refractivity contribution is 6.06. The van der Waals surface area contributed by atoms with E-state index in [0.717, 1.165) is 58.2 Å². The number of carbonyl (C=O) groups excluding carboxylic acids is 1. The van der Waals surface area contributed by atoms with Crippen LogP contribution in [0, 0.1) is 12.8 Å². The molecule has 0 saturated carbocycles.